The van der Waals surface area contributed by atoms with Crippen molar-refractivity contribution in [2.45, 2.75) is 13.2 Å². The lowest BCUT2D eigenvalue weighted by atomic mass is 10.0. The smallest absolute Gasteiger partial charge is 0.220 e. The average Bonchev–Trinajstić information content (AvgIpc) is 3.47. The van der Waals surface area contributed by atoms with Gasteiger partial charge in [0.1, 0.15) is 6.61 Å². The van der Waals surface area contributed by atoms with E-state index in [-0.39, 0.29) is 12.2 Å². The average molecular weight is 417 g/mol. The first kappa shape index (κ1) is 19.6. The summed E-state index contributed by atoms with van der Waals surface area (Å²) in [6.07, 6.45) is 3.29. The summed E-state index contributed by atoms with van der Waals surface area (Å²) in [6, 6.07) is 14.2. The van der Waals surface area contributed by atoms with Crippen molar-refractivity contribution in [3.8, 4) is 27.6 Å². The molecule has 0 fully saturated rings. The van der Waals surface area contributed by atoms with E-state index in [1.165, 1.54) is 12.1 Å². The molecule has 0 bridgehead atoms. The zero-order chi connectivity index (χ0) is 20.9. The van der Waals surface area contributed by atoms with Gasteiger partial charge < -0.3 is 19.1 Å². The number of furan rings is 1. The Morgan fingerprint density at radius 2 is 2.07 bits per heavy atom. The van der Waals surface area contributed by atoms with Gasteiger partial charge in [-0.25, -0.2) is 4.98 Å². The third-order valence-electron chi connectivity index (χ3n) is 4.53. The first-order valence-corrected chi connectivity index (χ1v) is 9.99. The quantitative estimate of drug-likeness (QED) is 0.401. The number of rotatable bonds is 8. The van der Waals surface area contributed by atoms with Gasteiger partial charge in [-0.3, -0.25) is 4.99 Å². The number of aromatic nitrogens is 1. The molecule has 0 amide bonds. The molecular formula is C23H17N2O4S-. The van der Waals surface area contributed by atoms with Crippen molar-refractivity contribution in [1.82, 2.24) is 4.98 Å². The summed E-state index contributed by atoms with van der Waals surface area (Å²) < 4.78 is 11.3. The standard InChI is InChI=1S/C23H18N2O4S/c1-24-12-19-18(17-8-9-28-14-17)11-20(21-3-2-10-30-21)25-22(19)29-13-15-4-6-16(7-5-15)23(26)27/h2-11,14H,1,12-13H2,(H,26,27)/p-1. The van der Waals surface area contributed by atoms with Crippen LogP contribution >= 0.6 is 11.3 Å². The van der Waals surface area contributed by atoms with Crippen LogP contribution in [0.15, 0.2) is 75.8 Å². The number of carboxylic acids is 1. The maximum absolute atomic E-state index is 10.9. The van der Waals surface area contributed by atoms with Crippen LogP contribution in [-0.2, 0) is 13.2 Å². The molecule has 150 valence electrons. The molecule has 6 nitrogen and oxygen atoms in total. The molecule has 0 radical (unpaired) electrons. The summed E-state index contributed by atoms with van der Waals surface area (Å²) in [6.45, 7) is 4.18. The minimum atomic E-state index is -1.21. The maximum atomic E-state index is 10.9. The molecule has 0 unspecified atom stereocenters. The van der Waals surface area contributed by atoms with Crippen LogP contribution in [0.4, 0.5) is 0 Å². The predicted octanol–water partition coefficient (Wildman–Crippen LogP) is 4.21. The highest BCUT2D eigenvalue weighted by Crippen LogP contribution is 2.36. The normalized spacial score (nSPS) is 10.7. The van der Waals surface area contributed by atoms with Gasteiger partial charge in [-0.2, -0.15) is 0 Å². The van der Waals surface area contributed by atoms with Crippen LogP contribution < -0.4 is 9.84 Å². The maximum Gasteiger partial charge on any atom is 0.220 e. The summed E-state index contributed by atoms with van der Waals surface area (Å²) in [4.78, 5) is 20.7. The highest BCUT2D eigenvalue weighted by Gasteiger charge is 2.17. The first-order valence-electron chi connectivity index (χ1n) is 9.11. The summed E-state index contributed by atoms with van der Waals surface area (Å²) in [7, 11) is 0. The number of hydrogen-bond donors (Lipinski definition) is 0. The van der Waals surface area contributed by atoms with Crippen molar-refractivity contribution in [1.29, 1.82) is 0 Å². The van der Waals surface area contributed by atoms with Crippen molar-refractivity contribution in [3.05, 3.63) is 83.1 Å². The second kappa shape index (κ2) is 8.75. The molecule has 0 aliphatic carbocycles. The van der Waals surface area contributed by atoms with E-state index in [9.17, 15) is 9.90 Å². The van der Waals surface area contributed by atoms with Gasteiger partial charge in [0.2, 0.25) is 5.88 Å². The molecule has 4 rings (SSSR count). The molecule has 0 aliphatic heterocycles. The van der Waals surface area contributed by atoms with Gasteiger partial charge in [0, 0.05) is 11.1 Å². The van der Waals surface area contributed by atoms with Crippen molar-refractivity contribution < 1.29 is 19.1 Å². The Morgan fingerprint density at radius 1 is 1.23 bits per heavy atom. The number of nitrogens with zero attached hydrogens (tertiary/aromatic N) is 2. The van der Waals surface area contributed by atoms with E-state index < -0.39 is 5.97 Å². The van der Waals surface area contributed by atoms with E-state index >= 15 is 0 Å². The molecule has 4 aromatic rings. The van der Waals surface area contributed by atoms with Gasteiger partial charge >= 0.3 is 0 Å². The van der Waals surface area contributed by atoms with E-state index in [1.807, 2.05) is 29.6 Å². The van der Waals surface area contributed by atoms with E-state index in [1.54, 1.807) is 36.0 Å². The number of carbonyl (C=O) groups is 1. The molecule has 7 heteroatoms. The second-order valence-corrected chi connectivity index (χ2v) is 7.43. The Hall–Kier alpha value is -3.71. The zero-order valence-corrected chi connectivity index (χ0v) is 16.7. The third-order valence-corrected chi connectivity index (χ3v) is 5.42. The topological polar surface area (TPSA) is 87.8 Å². The lowest BCUT2D eigenvalue weighted by Gasteiger charge is -2.15. The highest BCUT2D eigenvalue weighted by atomic mass is 32.1. The van der Waals surface area contributed by atoms with Crippen LogP contribution in [0, 0.1) is 0 Å². The number of ether oxygens (including phenoxy) is 1. The Bertz CT molecular complexity index is 1150. The lowest BCUT2D eigenvalue weighted by Crippen LogP contribution is -2.22. The molecule has 0 saturated carbocycles. The largest absolute Gasteiger partial charge is 0.545 e. The van der Waals surface area contributed by atoms with Gasteiger partial charge in [-0.05, 0) is 47.0 Å². The molecule has 0 atom stereocenters. The Morgan fingerprint density at radius 3 is 2.70 bits per heavy atom. The molecule has 0 spiro atoms. The predicted molar refractivity (Wildman–Crippen MR) is 114 cm³/mol. The van der Waals surface area contributed by atoms with E-state index in [4.69, 9.17) is 14.1 Å². The highest BCUT2D eigenvalue weighted by molar-refractivity contribution is 7.13. The lowest BCUT2D eigenvalue weighted by molar-refractivity contribution is -0.255. The molecule has 0 saturated heterocycles. The molecule has 3 heterocycles. The number of aromatic carboxylic acids is 1. The van der Waals surface area contributed by atoms with Crippen LogP contribution in [0.2, 0.25) is 0 Å². The Labute approximate surface area is 177 Å². The number of thiophene rings is 1. The number of hydrogen-bond acceptors (Lipinski definition) is 7. The molecule has 30 heavy (non-hydrogen) atoms. The van der Waals surface area contributed by atoms with Crippen molar-refractivity contribution in [3.63, 3.8) is 0 Å². The van der Waals surface area contributed by atoms with Gasteiger partial charge in [0.15, 0.2) is 0 Å². The molecule has 1 aromatic carbocycles. The summed E-state index contributed by atoms with van der Waals surface area (Å²) in [5.41, 5.74) is 4.34. The minimum Gasteiger partial charge on any atom is -0.545 e. The van der Waals surface area contributed by atoms with Crippen molar-refractivity contribution >= 4 is 24.0 Å². The fraction of sp³-hybridized carbons (Fsp3) is 0.0870. The van der Waals surface area contributed by atoms with Crippen LogP contribution in [0.1, 0.15) is 21.5 Å². The summed E-state index contributed by atoms with van der Waals surface area (Å²) in [5.74, 6) is -0.759. The molecular weight excluding hydrogens is 400 g/mol. The fourth-order valence-corrected chi connectivity index (χ4v) is 3.73. The molecule has 0 N–H and O–H groups in total. The van der Waals surface area contributed by atoms with E-state index in [0.29, 0.717) is 12.4 Å². The van der Waals surface area contributed by atoms with Crippen LogP contribution in [0.5, 0.6) is 5.88 Å². The molecule has 3 aromatic heterocycles. The van der Waals surface area contributed by atoms with Crippen LogP contribution in [0.3, 0.4) is 0 Å². The van der Waals surface area contributed by atoms with Crippen molar-refractivity contribution in [2.75, 3.05) is 0 Å². The van der Waals surface area contributed by atoms with E-state index in [2.05, 4.69) is 11.7 Å². The number of benzene rings is 1. The number of pyridine rings is 1. The van der Waals surface area contributed by atoms with Gasteiger partial charge in [0.05, 0.1) is 35.6 Å². The number of carbonyl (C=O) groups excluding carboxylic acids is 1. The van der Waals surface area contributed by atoms with Crippen LogP contribution in [-0.4, -0.2) is 17.7 Å². The van der Waals surface area contributed by atoms with Crippen molar-refractivity contribution in [2.24, 2.45) is 4.99 Å². The van der Waals surface area contributed by atoms with Gasteiger partial charge in [-0.15, -0.1) is 11.3 Å². The fourth-order valence-electron chi connectivity index (χ4n) is 3.05. The zero-order valence-electron chi connectivity index (χ0n) is 15.9. The monoisotopic (exact) mass is 417 g/mol. The second-order valence-electron chi connectivity index (χ2n) is 6.48. The first-order chi connectivity index (χ1) is 14.7. The third kappa shape index (κ3) is 4.16. The summed E-state index contributed by atoms with van der Waals surface area (Å²) in [5, 5.41) is 12.9. The van der Waals surface area contributed by atoms with Crippen LogP contribution in [0.25, 0.3) is 21.7 Å². The van der Waals surface area contributed by atoms with E-state index in [0.717, 1.165) is 32.8 Å². The van der Waals surface area contributed by atoms with Gasteiger partial charge in [-0.1, -0.05) is 30.3 Å². The minimum absolute atomic E-state index is 0.121. The molecule has 0 aliphatic rings. The SMILES string of the molecule is C=NCc1c(-c2ccoc2)cc(-c2cccs2)nc1OCc1ccc(C(=O)[O-])cc1. The summed E-state index contributed by atoms with van der Waals surface area (Å²) >= 11 is 1.59. The number of aliphatic imine (C=N–C) groups is 1. The van der Waals surface area contributed by atoms with Gasteiger partial charge in [0.25, 0.3) is 0 Å². The Kier molecular flexibility index (Phi) is 5.72. The number of carboxylic acid groups (broad SMARTS) is 1. The Balaban J connectivity index is 1.72.